The number of halogens is 1. The van der Waals surface area contributed by atoms with Crippen LogP contribution in [0.5, 0.6) is 0 Å². The molecule has 0 atom stereocenters. The number of aryl methyl sites for hydroxylation is 1. The van der Waals surface area contributed by atoms with Gasteiger partial charge in [-0.05, 0) is 18.6 Å². The van der Waals surface area contributed by atoms with E-state index in [1.165, 1.54) is 12.1 Å². The van der Waals surface area contributed by atoms with Crippen molar-refractivity contribution in [1.29, 1.82) is 0 Å². The van der Waals surface area contributed by atoms with Crippen molar-refractivity contribution in [3.05, 3.63) is 35.0 Å². The average Bonchev–Trinajstić information content (AvgIpc) is 2.35. The van der Waals surface area contributed by atoms with Crippen LogP contribution >= 0.6 is 0 Å². The van der Waals surface area contributed by atoms with E-state index in [9.17, 15) is 9.60 Å². The van der Waals surface area contributed by atoms with Gasteiger partial charge in [0, 0.05) is 6.07 Å². The van der Waals surface area contributed by atoms with Gasteiger partial charge in [-0.1, -0.05) is 0 Å². The largest absolute Gasteiger partial charge is 0.805 e. The maximum Gasteiger partial charge on any atom is 0.128 e. The van der Waals surface area contributed by atoms with Crippen LogP contribution in [0.1, 0.15) is 5.56 Å². The second-order valence-corrected chi connectivity index (χ2v) is 2.66. The molecule has 0 fully saturated rings. The van der Waals surface area contributed by atoms with Crippen molar-refractivity contribution in [2.24, 2.45) is 0 Å². The highest BCUT2D eigenvalue weighted by atomic mass is 19.1. The molecular formula is C8H6FN2O-. The smallest absolute Gasteiger partial charge is 0.128 e. The van der Waals surface area contributed by atoms with Gasteiger partial charge in [0.25, 0.3) is 0 Å². The van der Waals surface area contributed by atoms with Crippen molar-refractivity contribution < 1.29 is 4.39 Å². The first kappa shape index (κ1) is 7.09. The molecular weight excluding hydrogens is 159 g/mol. The zero-order chi connectivity index (χ0) is 8.72. The molecule has 12 heavy (non-hydrogen) atoms. The third-order valence-electron chi connectivity index (χ3n) is 1.79. The normalized spacial score (nSPS) is 10.8. The number of aromatic nitrogens is 2. The number of benzene rings is 1. The van der Waals surface area contributed by atoms with Crippen LogP contribution in [-0.4, -0.2) is 9.71 Å². The molecule has 0 aliphatic heterocycles. The zero-order valence-corrected chi connectivity index (χ0v) is 6.41. The van der Waals surface area contributed by atoms with E-state index in [1.807, 2.05) is 0 Å². The third-order valence-corrected chi connectivity index (χ3v) is 1.79. The molecule has 0 bridgehead atoms. The standard InChI is InChI=1S/C8H6FN2O/c1-5-2-8-7(3-6(5)9)10-4-11(8)12/h2-4H,1H3/q-1. The molecule has 0 saturated heterocycles. The molecule has 0 radical (unpaired) electrons. The Morgan fingerprint density at radius 1 is 1.50 bits per heavy atom. The van der Waals surface area contributed by atoms with Crippen molar-refractivity contribution in [3.63, 3.8) is 0 Å². The Morgan fingerprint density at radius 2 is 2.25 bits per heavy atom. The maximum atomic E-state index is 12.9. The summed E-state index contributed by atoms with van der Waals surface area (Å²) in [4.78, 5) is 3.73. The lowest BCUT2D eigenvalue weighted by Crippen LogP contribution is -1.85. The monoisotopic (exact) mass is 165 g/mol. The van der Waals surface area contributed by atoms with Crippen molar-refractivity contribution in [3.8, 4) is 0 Å². The summed E-state index contributed by atoms with van der Waals surface area (Å²) >= 11 is 0. The van der Waals surface area contributed by atoms with E-state index < -0.39 is 0 Å². The molecule has 1 aromatic heterocycles. The van der Waals surface area contributed by atoms with E-state index in [0.29, 0.717) is 21.3 Å². The van der Waals surface area contributed by atoms with Crippen LogP contribution in [0.2, 0.25) is 0 Å². The second kappa shape index (κ2) is 2.20. The zero-order valence-electron chi connectivity index (χ0n) is 6.41. The number of fused-ring (bicyclic) bond motifs is 1. The fraction of sp³-hybridized carbons (Fsp3) is 0.125. The molecule has 4 heteroatoms. The van der Waals surface area contributed by atoms with Gasteiger partial charge in [0.15, 0.2) is 0 Å². The van der Waals surface area contributed by atoms with E-state index in [4.69, 9.17) is 0 Å². The molecule has 2 rings (SSSR count). The predicted molar refractivity (Wildman–Crippen MR) is 43.2 cm³/mol. The highest BCUT2D eigenvalue weighted by Crippen LogP contribution is 2.16. The van der Waals surface area contributed by atoms with Gasteiger partial charge in [-0.25, -0.2) is 9.37 Å². The Kier molecular flexibility index (Phi) is 1.30. The lowest BCUT2D eigenvalue weighted by Gasteiger charge is -2.06. The summed E-state index contributed by atoms with van der Waals surface area (Å²) in [5.74, 6) is -0.332. The van der Waals surface area contributed by atoms with Crippen LogP contribution in [-0.2, 0) is 0 Å². The van der Waals surface area contributed by atoms with Crippen LogP contribution in [0.15, 0.2) is 18.5 Å². The molecule has 0 spiro atoms. The highest BCUT2D eigenvalue weighted by Gasteiger charge is 2.02. The molecule has 0 aliphatic rings. The minimum Gasteiger partial charge on any atom is -0.805 e. The van der Waals surface area contributed by atoms with Crippen LogP contribution in [0, 0.1) is 17.9 Å². The minimum atomic E-state index is -0.332. The van der Waals surface area contributed by atoms with E-state index >= 15 is 0 Å². The summed E-state index contributed by atoms with van der Waals surface area (Å²) in [5, 5.41) is 11.0. The van der Waals surface area contributed by atoms with Crippen LogP contribution in [0.4, 0.5) is 4.39 Å². The number of rotatable bonds is 0. The van der Waals surface area contributed by atoms with Gasteiger partial charge in [-0.3, -0.25) is 0 Å². The summed E-state index contributed by atoms with van der Waals surface area (Å²) < 4.78 is 13.5. The molecule has 62 valence electrons. The van der Waals surface area contributed by atoms with Crippen molar-refractivity contribution in [2.75, 3.05) is 0 Å². The first-order valence-corrected chi connectivity index (χ1v) is 3.49. The molecule has 0 aliphatic carbocycles. The SMILES string of the molecule is Cc1cc2c(cc1F)ncn2[O-]. The number of hydrogen-bond donors (Lipinski definition) is 0. The van der Waals surface area contributed by atoms with Crippen molar-refractivity contribution in [1.82, 2.24) is 9.71 Å². The topological polar surface area (TPSA) is 40.9 Å². The first-order chi connectivity index (χ1) is 5.68. The third kappa shape index (κ3) is 0.845. The summed E-state index contributed by atoms with van der Waals surface area (Å²) in [6, 6.07) is 2.75. The molecule has 0 unspecified atom stereocenters. The summed E-state index contributed by atoms with van der Waals surface area (Å²) in [7, 11) is 0. The fourth-order valence-corrected chi connectivity index (χ4v) is 1.11. The van der Waals surface area contributed by atoms with Crippen LogP contribution in [0.3, 0.4) is 0 Å². The van der Waals surface area contributed by atoms with Gasteiger partial charge in [-0.2, -0.15) is 0 Å². The van der Waals surface area contributed by atoms with Gasteiger partial charge in [0.2, 0.25) is 0 Å². The van der Waals surface area contributed by atoms with E-state index in [0.717, 1.165) is 6.33 Å². The summed E-state index contributed by atoms with van der Waals surface area (Å²) in [6.45, 7) is 1.61. The van der Waals surface area contributed by atoms with E-state index in [-0.39, 0.29) is 5.82 Å². The van der Waals surface area contributed by atoms with Gasteiger partial charge >= 0.3 is 0 Å². The Morgan fingerprint density at radius 3 is 3.00 bits per heavy atom. The Labute approximate surface area is 68.0 Å². The maximum absolute atomic E-state index is 12.9. The molecule has 1 aromatic carbocycles. The minimum absolute atomic E-state index is 0.332. The average molecular weight is 165 g/mol. The molecule has 0 N–H and O–H groups in total. The van der Waals surface area contributed by atoms with Crippen molar-refractivity contribution >= 4 is 11.0 Å². The van der Waals surface area contributed by atoms with Crippen molar-refractivity contribution in [2.45, 2.75) is 6.92 Å². The molecule has 0 saturated carbocycles. The summed E-state index contributed by atoms with van der Waals surface area (Å²) in [6.07, 6.45) is 1.13. The lowest BCUT2D eigenvalue weighted by molar-refractivity contribution is 0.620. The van der Waals surface area contributed by atoms with E-state index in [2.05, 4.69) is 4.98 Å². The lowest BCUT2D eigenvalue weighted by atomic mass is 10.2. The summed E-state index contributed by atoms with van der Waals surface area (Å²) in [5.41, 5.74) is 1.27. The second-order valence-electron chi connectivity index (χ2n) is 2.66. The Hall–Kier alpha value is -1.58. The quantitative estimate of drug-likeness (QED) is 0.597. The molecule has 3 nitrogen and oxygen atoms in total. The van der Waals surface area contributed by atoms with Gasteiger partial charge in [0.1, 0.15) is 5.82 Å². The van der Waals surface area contributed by atoms with Gasteiger partial charge < -0.3 is 9.94 Å². The molecule has 2 aromatic rings. The first-order valence-electron chi connectivity index (χ1n) is 3.49. The van der Waals surface area contributed by atoms with Crippen LogP contribution in [0.25, 0.3) is 11.0 Å². The molecule has 0 amide bonds. The fourth-order valence-electron chi connectivity index (χ4n) is 1.11. The van der Waals surface area contributed by atoms with Gasteiger partial charge in [-0.15, -0.1) is 0 Å². The Balaban J connectivity index is 2.87. The Bertz CT molecular complexity index is 436. The van der Waals surface area contributed by atoms with Crippen LogP contribution < -0.4 is 0 Å². The highest BCUT2D eigenvalue weighted by molar-refractivity contribution is 5.76. The number of hydrogen-bond acceptors (Lipinski definition) is 2. The number of imidazole rings is 1. The predicted octanol–water partition coefficient (Wildman–Crippen LogP) is 1.83. The molecule has 1 heterocycles. The van der Waals surface area contributed by atoms with E-state index in [1.54, 1.807) is 6.92 Å². The van der Waals surface area contributed by atoms with Gasteiger partial charge in [0.05, 0.1) is 17.4 Å². The number of nitrogens with zero attached hydrogens (tertiary/aromatic N) is 2.